The molecule has 0 fully saturated rings. The molecule has 0 spiro atoms. The molecular formula is C20H21N3O3. The average Bonchev–Trinajstić information content (AvgIpc) is 3.04. The van der Waals surface area contributed by atoms with E-state index in [-0.39, 0.29) is 17.9 Å². The van der Waals surface area contributed by atoms with E-state index in [1.54, 1.807) is 37.3 Å². The number of hydrogen-bond acceptors (Lipinski definition) is 4. The number of rotatable bonds is 5. The Kier molecular flexibility index (Phi) is 5.02. The van der Waals surface area contributed by atoms with E-state index in [1.807, 2.05) is 26.0 Å². The summed E-state index contributed by atoms with van der Waals surface area (Å²) in [5.74, 6) is 0.220. The third-order valence-corrected chi connectivity index (χ3v) is 3.83. The first kappa shape index (κ1) is 17.7. The van der Waals surface area contributed by atoms with Crippen molar-refractivity contribution in [3.63, 3.8) is 0 Å². The van der Waals surface area contributed by atoms with Crippen molar-refractivity contribution in [2.75, 3.05) is 6.61 Å². The number of nitrogens with one attached hydrogen (secondary N) is 2. The number of carbonyl (C=O) groups excluding carboxylic acids is 2. The molecule has 0 atom stereocenters. The SMILES string of the molecule is CCOC(=O)c1ccc2nc(-c3ccc(C(=O)NC(C)C)cc3)[nH]c2c1. The van der Waals surface area contributed by atoms with Gasteiger partial charge in [-0.15, -0.1) is 0 Å². The third kappa shape index (κ3) is 3.74. The Balaban J connectivity index is 1.86. The molecule has 1 aromatic heterocycles. The average molecular weight is 351 g/mol. The fourth-order valence-electron chi connectivity index (χ4n) is 2.61. The first-order valence-corrected chi connectivity index (χ1v) is 8.56. The number of imidazole rings is 1. The van der Waals surface area contributed by atoms with Crippen LogP contribution in [-0.2, 0) is 4.74 Å². The minimum Gasteiger partial charge on any atom is -0.462 e. The highest BCUT2D eigenvalue weighted by atomic mass is 16.5. The van der Waals surface area contributed by atoms with E-state index in [2.05, 4.69) is 15.3 Å². The smallest absolute Gasteiger partial charge is 0.338 e. The normalized spacial score (nSPS) is 10.9. The van der Waals surface area contributed by atoms with Gasteiger partial charge >= 0.3 is 5.97 Å². The van der Waals surface area contributed by atoms with Crippen LogP contribution in [0.25, 0.3) is 22.4 Å². The topological polar surface area (TPSA) is 84.1 Å². The minimum absolute atomic E-state index is 0.0890. The Morgan fingerprint density at radius 1 is 1.12 bits per heavy atom. The van der Waals surface area contributed by atoms with Crippen molar-refractivity contribution in [1.29, 1.82) is 0 Å². The molecule has 6 heteroatoms. The van der Waals surface area contributed by atoms with Crippen LogP contribution in [0.5, 0.6) is 0 Å². The summed E-state index contributed by atoms with van der Waals surface area (Å²) < 4.78 is 5.02. The van der Waals surface area contributed by atoms with Crippen molar-refractivity contribution >= 4 is 22.9 Å². The van der Waals surface area contributed by atoms with Crippen LogP contribution in [0.15, 0.2) is 42.5 Å². The first-order valence-electron chi connectivity index (χ1n) is 8.56. The molecule has 2 N–H and O–H groups in total. The highest BCUT2D eigenvalue weighted by Crippen LogP contribution is 2.22. The maximum atomic E-state index is 12.0. The number of H-pyrrole nitrogens is 1. The predicted octanol–water partition coefficient (Wildman–Crippen LogP) is 3.54. The molecule has 3 rings (SSSR count). The number of carbonyl (C=O) groups is 2. The minimum atomic E-state index is -0.355. The molecule has 26 heavy (non-hydrogen) atoms. The van der Waals surface area contributed by atoms with E-state index >= 15 is 0 Å². The summed E-state index contributed by atoms with van der Waals surface area (Å²) in [5.41, 5.74) is 3.46. The van der Waals surface area contributed by atoms with Crippen LogP contribution >= 0.6 is 0 Å². The molecule has 0 aliphatic heterocycles. The Morgan fingerprint density at radius 2 is 1.81 bits per heavy atom. The van der Waals surface area contributed by atoms with Gasteiger partial charge in [0.2, 0.25) is 0 Å². The van der Waals surface area contributed by atoms with Crippen molar-refractivity contribution in [3.05, 3.63) is 53.6 Å². The van der Waals surface area contributed by atoms with E-state index in [0.29, 0.717) is 23.6 Å². The Bertz CT molecular complexity index is 943. The number of nitrogens with zero attached hydrogens (tertiary/aromatic N) is 1. The highest BCUT2D eigenvalue weighted by molar-refractivity contribution is 5.95. The number of aromatic nitrogens is 2. The van der Waals surface area contributed by atoms with Crippen LogP contribution in [-0.4, -0.2) is 34.5 Å². The molecule has 134 valence electrons. The molecule has 0 unspecified atom stereocenters. The van der Waals surface area contributed by atoms with Gasteiger partial charge in [-0.25, -0.2) is 9.78 Å². The van der Waals surface area contributed by atoms with E-state index < -0.39 is 0 Å². The molecule has 1 amide bonds. The Morgan fingerprint density at radius 3 is 2.46 bits per heavy atom. The first-order chi connectivity index (χ1) is 12.5. The third-order valence-electron chi connectivity index (χ3n) is 3.83. The molecule has 0 bridgehead atoms. The number of benzene rings is 2. The molecular weight excluding hydrogens is 330 g/mol. The summed E-state index contributed by atoms with van der Waals surface area (Å²) in [6.07, 6.45) is 0. The largest absolute Gasteiger partial charge is 0.462 e. The van der Waals surface area contributed by atoms with Gasteiger partial charge in [0.1, 0.15) is 5.82 Å². The number of amides is 1. The number of esters is 1. The highest BCUT2D eigenvalue weighted by Gasteiger charge is 2.12. The fourth-order valence-corrected chi connectivity index (χ4v) is 2.61. The van der Waals surface area contributed by atoms with Crippen LogP contribution in [0.1, 0.15) is 41.5 Å². The summed E-state index contributed by atoms with van der Waals surface area (Å²) >= 11 is 0. The van der Waals surface area contributed by atoms with Crippen LogP contribution in [0, 0.1) is 0 Å². The molecule has 3 aromatic rings. The van der Waals surface area contributed by atoms with Crippen LogP contribution in [0.2, 0.25) is 0 Å². The molecule has 1 heterocycles. The van der Waals surface area contributed by atoms with Gasteiger partial charge in [-0.3, -0.25) is 4.79 Å². The van der Waals surface area contributed by atoms with Crippen molar-refractivity contribution in [3.8, 4) is 11.4 Å². The van der Waals surface area contributed by atoms with Crippen LogP contribution in [0.4, 0.5) is 0 Å². The molecule has 0 radical (unpaired) electrons. The molecule has 0 saturated carbocycles. The van der Waals surface area contributed by atoms with Gasteiger partial charge in [0, 0.05) is 17.2 Å². The second kappa shape index (κ2) is 7.39. The summed E-state index contributed by atoms with van der Waals surface area (Å²) in [6, 6.07) is 12.5. The standard InChI is InChI=1S/C20H21N3O3/c1-4-26-20(25)15-9-10-16-17(11-15)23-18(22-16)13-5-7-14(8-6-13)19(24)21-12(2)3/h5-12H,4H2,1-3H3,(H,21,24)(H,22,23). The number of ether oxygens (including phenoxy) is 1. The molecule has 0 aliphatic rings. The zero-order valence-corrected chi connectivity index (χ0v) is 15.0. The van der Waals surface area contributed by atoms with Gasteiger partial charge in [0.25, 0.3) is 5.91 Å². The maximum absolute atomic E-state index is 12.0. The van der Waals surface area contributed by atoms with E-state index in [4.69, 9.17) is 4.74 Å². The monoisotopic (exact) mass is 351 g/mol. The fraction of sp³-hybridized carbons (Fsp3) is 0.250. The zero-order valence-electron chi connectivity index (χ0n) is 15.0. The van der Waals surface area contributed by atoms with E-state index in [9.17, 15) is 9.59 Å². The van der Waals surface area contributed by atoms with Gasteiger partial charge in [0.15, 0.2) is 0 Å². The summed E-state index contributed by atoms with van der Waals surface area (Å²) in [7, 11) is 0. The van der Waals surface area contributed by atoms with Crippen LogP contribution in [0.3, 0.4) is 0 Å². The quantitative estimate of drug-likeness (QED) is 0.689. The Hall–Kier alpha value is -3.15. The van der Waals surface area contributed by atoms with Crippen molar-refractivity contribution in [2.45, 2.75) is 26.8 Å². The predicted molar refractivity (Wildman–Crippen MR) is 100 cm³/mol. The molecule has 6 nitrogen and oxygen atoms in total. The van der Waals surface area contributed by atoms with Gasteiger partial charge in [-0.05, 0) is 51.1 Å². The second-order valence-electron chi connectivity index (χ2n) is 6.24. The zero-order chi connectivity index (χ0) is 18.7. The van der Waals surface area contributed by atoms with E-state index in [1.165, 1.54) is 0 Å². The van der Waals surface area contributed by atoms with Crippen molar-refractivity contribution in [2.24, 2.45) is 0 Å². The van der Waals surface area contributed by atoms with Crippen LogP contribution < -0.4 is 5.32 Å². The summed E-state index contributed by atoms with van der Waals surface area (Å²) in [5, 5.41) is 2.86. The summed E-state index contributed by atoms with van der Waals surface area (Å²) in [6.45, 7) is 5.95. The van der Waals surface area contributed by atoms with E-state index in [0.717, 1.165) is 16.6 Å². The van der Waals surface area contributed by atoms with Crippen molar-refractivity contribution < 1.29 is 14.3 Å². The summed E-state index contributed by atoms with van der Waals surface area (Å²) in [4.78, 5) is 31.6. The lowest BCUT2D eigenvalue weighted by Gasteiger charge is -2.08. The second-order valence-corrected chi connectivity index (χ2v) is 6.24. The van der Waals surface area contributed by atoms with Crippen molar-refractivity contribution in [1.82, 2.24) is 15.3 Å². The lowest BCUT2D eigenvalue weighted by Crippen LogP contribution is -2.29. The number of fused-ring (bicyclic) bond motifs is 1. The molecule has 2 aromatic carbocycles. The van der Waals surface area contributed by atoms with Gasteiger partial charge in [0.05, 0.1) is 23.2 Å². The van der Waals surface area contributed by atoms with Gasteiger partial charge in [-0.2, -0.15) is 0 Å². The maximum Gasteiger partial charge on any atom is 0.338 e. The molecule has 0 aliphatic carbocycles. The van der Waals surface area contributed by atoms with Gasteiger partial charge < -0.3 is 15.0 Å². The number of aromatic amines is 1. The number of hydrogen-bond donors (Lipinski definition) is 2. The lowest BCUT2D eigenvalue weighted by atomic mass is 10.1. The molecule has 0 saturated heterocycles. The Labute approximate surface area is 151 Å². The lowest BCUT2D eigenvalue weighted by molar-refractivity contribution is 0.0526. The van der Waals surface area contributed by atoms with Gasteiger partial charge in [-0.1, -0.05) is 12.1 Å².